The van der Waals surface area contributed by atoms with E-state index in [4.69, 9.17) is 22.1 Å². The van der Waals surface area contributed by atoms with Crippen molar-refractivity contribution in [2.75, 3.05) is 23.3 Å². The Labute approximate surface area is 257 Å². The standard InChI is InChI=1S/C30H27N5O7S2/c31-44(40,41)20-4-8-27(32-14-20)35-10-9-17(15-35)34-30(43)33-16-1-5-21(24(11-16)29(38)39)28-22-6-2-18(36)12-25(22)42-26-13-19(37)3-7-23(26)28/h1-8,11-14,17,28,36-37H,9-10,15H2,(H,38,39)(H2,31,40,41)(H2,33,34,43)/t17-/m1/s1. The number of aromatic carboxylic acids is 1. The molecule has 4 aromatic rings. The van der Waals surface area contributed by atoms with Crippen molar-refractivity contribution in [3.05, 3.63) is 95.2 Å². The van der Waals surface area contributed by atoms with Gasteiger partial charge in [0.25, 0.3) is 0 Å². The number of thiocarbonyl (C=S) groups is 1. The number of nitrogens with zero attached hydrogens (tertiary/aromatic N) is 2. The molecule has 2 aliphatic heterocycles. The Hall–Kier alpha value is -4.92. The van der Waals surface area contributed by atoms with Crippen molar-refractivity contribution in [1.82, 2.24) is 10.3 Å². The van der Waals surface area contributed by atoms with Gasteiger partial charge in [-0.15, -0.1) is 0 Å². The lowest BCUT2D eigenvalue weighted by Crippen LogP contribution is -2.39. The van der Waals surface area contributed by atoms with Gasteiger partial charge in [0.05, 0.1) is 5.56 Å². The second kappa shape index (κ2) is 11.3. The zero-order valence-corrected chi connectivity index (χ0v) is 24.6. The van der Waals surface area contributed by atoms with E-state index in [0.717, 1.165) is 6.42 Å². The highest BCUT2D eigenvalue weighted by Crippen LogP contribution is 2.49. The molecule has 1 saturated heterocycles. The quantitative estimate of drug-likeness (QED) is 0.149. The number of carbonyl (C=O) groups is 1. The number of phenolic OH excluding ortho intramolecular Hbond substituents is 2. The maximum absolute atomic E-state index is 12.5. The van der Waals surface area contributed by atoms with Gasteiger partial charge in [-0.05, 0) is 60.6 Å². The van der Waals surface area contributed by atoms with Crippen LogP contribution in [0.5, 0.6) is 23.0 Å². The summed E-state index contributed by atoms with van der Waals surface area (Å²) < 4.78 is 29.0. The summed E-state index contributed by atoms with van der Waals surface area (Å²) in [5.74, 6) is -0.363. The van der Waals surface area contributed by atoms with E-state index < -0.39 is 21.9 Å². The number of sulfonamides is 1. The van der Waals surface area contributed by atoms with Crippen LogP contribution in [0.2, 0.25) is 0 Å². The number of ether oxygens (including phenoxy) is 1. The molecule has 0 bridgehead atoms. The van der Waals surface area contributed by atoms with Crippen molar-refractivity contribution in [2.45, 2.75) is 23.3 Å². The number of aromatic hydroxyl groups is 2. The molecule has 2 aliphatic rings. The molecule has 6 rings (SSSR count). The lowest BCUT2D eigenvalue weighted by molar-refractivity contribution is 0.0695. The molecule has 0 spiro atoms. The molecule has 3 aromatic carbocycles. The number of phenols is 2. The second-order valence-corrected chi connectivity index (χ2v) is 12.5. The fourth-order valence-corrected chi connectivity index (χ4v) is 6.30. The van der Waals surface area contributed by atoms with Gasteiger partial charge in [0.15, 0.2) is 5.11 Å². The average molecular weight is 634 g/mol. The molecule has 0 aliphatic carbocycles. The topological polar surface area (TPSA) is 187 Å². The van der Waals surface area contributed by atoms with E-state index in [2.05, 4.69) is 15.6 Å². The van der Waals surface area contributed by atoms with Crippen LogP contribution in [0.4, 0.5) is 11.5 Å². The summed E-state index contributed by atoms with van der Waals surface area (Å²) >= 11 is 5.53. The molecule has 44 heavy (non-hydrogen) atoms. The lowest BCUT2D eigenvalue weighted by Gasteiger charge is -2.30. The van der Waals surface area contributed by atoms with Gasteiger partial charge in [-0.25, -0.2) is 23.3 Å². The molecule has 0 amide bonds. The van der Waals surface area contributed by atoms with E-state index >= 15 is 0 Å². The Balaban J connectivity index is 1.20. The number of aromatic nitrogens is 1. The van der Waals surface area contributed by atoms with E-state index in [0.29, 0.717) is 57.9 Å². The van der Waals surface area contributed by atoms with Crippen LogP contribution in [-0.4, -0.2) is 58.9 Å². The Kier molecular flexibility index (Phi) is 7.49. The summed E-state index contributed by atoms with van der Waals surface area (Å²) in [4.78, 5) is 18.7. The summed E-state index contributed by atoms with van der Waals surface area (Å²) in [6.07, 6.45) is 1.97. The predicted molar refractivity (Wildman–Crippen MR) is 166 cm³/mol. The SMILES string of the molecule is NS(=O)(=O)c1ccc(N2CC[C@@H](NC(=S)Nc3ccc(C4c5ccc(O)cc5Oc5cc(O)ccc54)c(C(=O)O)c3)C2)nc1. The van der Waals surface area contributed by atoms with Crippen LogP contribution in [0.25, 0.3) is 0 Å². The monoisotopic (exact) mass is 633 g/mol. The van der Waals surface area contributed by atoms with Crippen molar-refractivity contribution in [3.8, 4) is 23.0 Å². The number of fused-ring (bicyclic) bond motifs is 2. The Morgan fingerprint density at radius 3 is 2.23 bits per heavy atom. The first-order chi connectivity index (χ1) is 21.0. The number of pyridine rings is 1. The summed E-state index contributed by atoms with van der Waals surface area (Å²) in [6, 6.07) is 17.3. The van der Waals surface area contributed by atoms with Crippen molar-refractivity contribution in [1.29, 1.82) is 0 Å². The van der Waals surface area contributed by atoms with Gasteiger partial charge in [-0.2, -0.15) is 0 Å². The summed E-state index contributed by atoms with van der Waals surface area (Å²) in [5.41, 5.74) is 2.35. The first kappa shape index (κ1) is 29.2. The van der Waals surface area contributed by atoms with E-state index in [-0.39, 0.29) is 28.0 Å². The summed E-state index contributed by atoms with van der Waals surface area (Å²) in [5, 5.41) is 42.1. The lowest BCUT2D eigenvalue weighted by atomic mass is 9.80. The highest BCUT2D eigenvalue weighted by atomic mass is 32.2. The first-order valence-corrected chi connectivity index (χ1v) is 15.4. The molecule has 0 unspecified atom stereocenters. The number of anilines is 2. The first-order valence-electron chi connectivity index (χ1n) is 13.5. The van der Waals surface area contributed by atoms with E-state index in [1.807, 2.05) is 4.90 Å². The number of hydrogen-bond donors (Lipinski definition) is 6. The molecule has 3 heterocycles. The Morgan fingerprint density at radius 1 is 0.977 bits per heavy atom. The van der Waals surface area contributed by atoms with Crippen LogP contribution < -0.4 is 25.4 Å². The Bertz CT molecular complexity index is 1850. The molecule has 12 nitrogen and oxygen atoms in total. The molecule has 1 atom stereocenters. The number of benzene rings is 3. The molecular weight excluding hydrogens is 606 g/mol. The highest BCUT2D eigenvalue weighted by molar-refractivity contribution is 7.89. The van der Waals surface area contributed by atoms with Gasteiger partial charge in [0.1, 0.15) is 33.7 Å². The van der Waals surface area contributed by atoms with E-state index in [1.54, 1.807) is 30.3 Å². The highest BCUT2D eigenvalue weighted by Gasteiger charge is 2.32. The van der Waals surface area contributed by atoms with Crippen molar-refractivity contribution < 1.29 is 33.3 Å². The summed E-state index contributed by atoms with van der Waals surface area (Å²) in [6.45, 7) is 1.24. The third-order valence-electron chi connectivity index (χ3n) is 7.59. The number of hydrogen-bond acceptors (Lipinski definition) is 9. The largest absolute Gasteiger partial charge is 0.508 e. The number of nitrogens with two attached hydrogens (primary N) is 1. The van der Waals surface area contributed by atoms with Crippen LogP contribution in [-0.2, 0) is 10.0 Å². The normalized spacial score (nSPS) is 16.0. The molecule has 226 valence electrons. The molecule has 1 aromatic heterocycles. The number of rotatable bonds is 6. The fraction of sp³-hybridized carbons (Fsp3) is 0.167. The van der Waals surface area contributed by atoms with Crippen LogP contribution in [0.15, 0.2) is 77.8 Å². The van der Waals surface area contributed by atoms with Crippen LogP contribution in [0.1, 0.15) is 39.4 Å². The molecule has 0 radical (unpaired) electrons. The minimum Gasteiger partial charge on any atom is -0.508 e. The van der Waals surface area contributed by atoms with Crippen molar-refractivity contribution in [3.63, 3.8) is 0 Å². The molecule has 1 fully saturated rings. The summed E-state index contributed by atoms with van der Waals surface area (Å²) in [7, 11) is -3.83. The maximum atomic E-state index is 12.5. The van der Waals surface area contributed by atoms with Gasteiger partial charge >= 0.3 is 5.97 Å². The molecule has 14 heteroatoms. The van der Waals surface area contributed by atoms with Crippen LogP contribution in [0, 0.1) is 0 Å². The minimum atomic E-state index is -3.83. The van der Waals surface area contributed by atoms with E-state index in [1.165, 1.54) is 42.6 Å². The average Bonchev–Trinajstić information content (AvgIpc) is 3.43. The van der Waals surface area contributed by atoms with Crippen molar-refractivity contribution >= 4 is 44.8 Å². The van der Waals surface area contributed by atoms with Crippen LogP contribution in [0.3, 0.4) is 0 Å². The molecule has 0 saturated carbocycles. The van der Waals surface area contributed by atoms with Crippen molar-refractivity contribution in [2.24, 2.45) is 5.14 Å². The Morgan fingerprint density at radius 2 is 1.64 bits per heavy atom. The maximum Gasteiger partial charge on any atom is 0.336 e. The fourth-order valence-electron chi connectivity index (χ4n) is 5.56. The molecule has 7 N–H and O–H groups in total. The third-order valence-corrected chi connectivity index (χ3v) is 8.70. The zero-order chi connectivity index (χ0) is 31.2. The van der Waals surface area contributed by atoms with E-state index in [9.17, 15) is 28.5 Å². The predicted octanol–water partition coefficient (Wildman–Crippen LogP) is 3.69. The van der Waals surface area contributed by atoms with Gasteiger partial charge in [-0.1, -0.05) is 18.2 Å². The zero-order valence-electron chi connectivity index (χ0n) is 23.0. The van der Waals surface area contributed by atoms with Gasteiger partial charge in [0.2, 0.25) is 10.0 Å². The van der Waals surface area contributed by atoms with Gasteiger partial charge < -0.3 is 35.6 Å². The smallest absolute Gasteiger partial charge is 0.336 e. The third kappa shape index (κ3) is 5.82. The van der Waals surface area contributed by atoms with Crippen LogP contribution >= 0.6 is 12.2 Å². The second-order valence-electron chi connectivity index (χ2n) is 10.5. The molecular formula is C30H27N5O7S2. The number of carboxylic acids is 1. The minimum absolute atomic E-state index is 0.00766. The number of primary sulfonamides is 1. The van der Waals surface area contributed by atoms with Gasteiger partial charge in [0, 0.05) is 60.2 Å². The van der Waals surface area contributed by atoms with Gasteiger partial charge in [-0.3, -0.25) is 0 Å². The number of carboxylic acid groups (broad SMARTS) is 1. The number of nitrogens with one attached hydrogen (secondary N) is 2.